The Kier molecular flexibility index (Phi) is 7.14. The van der Waals surface area contributed by atoms with E-state index >= 15 is 0 Å². The van der Waals surface area contributed by atoms with Crippen LogP contribution >= 0.6 is 0 Å². The Labute approximate surface area is 201 Å². The van der Waals surface area contributed by atoms with E-state index in [2.05, 4.69) is 0 Å². The first-order valence-corrected chi connectivity index (χ1v) is 12.1. The summed E-state index contributed by atoms with van der Waals surface area (Å²) in [6.07, 6.45) is 1.82. The van der Waals surface area contributed by atoms with E-state index in [1.165, 1.54) is 12.1 Å². The van der Waals surface area contributed by atoms with Gasteiger partial charge >= 0.3 is 0 Å². The van der Waals surface area contributed by atoms with Crippen molar-refractivity contribution in [3.8, 4) is 11.5 Å². The topological polar surface area (TPSA) is 74.0 Å². The van der Waals surface area contributed by atoms with Gasteiger partial charge in [-0.3, -0.25) is 4.79 Å². The molecule has 0 aromatic heterocycles. The smallest absolute Gasteiger partial charge is 0.253 e. The number of piperidine rings is 1. The molecular weight excluding hydrogens is 435 g/mol. The van der Waals surface area contributed by atoms with Crippen LogP contribution < -0.4 is 15.2 Å². The van der Waals surface area contributed by atoms with Crippen molar-refractivity contribution in [1.82, 2.24) is 4.90 Å². The van der Waals surface area contributed by atoms with E-state index in [4.69, 9.17) is 19.9 Å². The number of hydrogen-bond acceptors (Lipinski definition) is 5. The van der Waals surface area contributed by atoms with Gasteiger partial charge in [-0.15, -0.1) is 0 Å². The minimum Gasteiger partial charge on any atom is -0.491 e. The number of benzene rings is 2. The minimum atomic E-state index is -0.432. The molecule has 2 aromatic rings. The molecule has 1 saturated heterocycles. The Hall–Kier alpha value is -2.64. The van der Waals surface area contributed by atoms with E-state index in [1.54, 1.807) is 12.1 Å². The molecule has 7 heteroatoms. The van der Waals surface area contributed by atoms with Crippen LogP contribution in [0.15, 0.2) is 36.4 Å². The normalized spacial score (nSPS) is 19.3. The summed E-state index contributed by atoms with van der Waals surface area (Å²) >= 11 is 0. The zero-order chi connectivity index (χ0) is 24.5. The Morgan fingerprint density at radius 1 is 1.15 bits per heavy atom. The van der Waals surface area contributed by atoms with Gasteiger partial charge in [-0.2, -0.15) is 0 Å². The van der Waals surface area contributed by atoms with Gasteiger partial charge in [0.1, 0.15) is 22.9 Å². The van der Waals surface area contributed by atoms with Crippen LogP contribution in [0.2, 0.25) is 0 Å². The lowest BCUT2D eigenvalue weighted by Crippen LogP contribution is -2.52. The largest absolute Gasteiger partial charge is 0.491 e. The van der Waals surface area contributed by atoms with E-state index in [-0.39, 0.29) is 30.0 Å². The second-order valence-corrected chi connectivity index (χ2v) is 9.83. The first-order valence-electron chi connectivity index (χ1n) is 12.1. The lowest BCUT2D eigenvalue weighted by Gasteiger charge is -2.47. The summed E-state index contributed by atoms with van der Waals surface area (Å²) in [5, 5.41) is 0. The second kappa shape index (κ2) is 9.92. The number of nitrogens with zero attached hydrogens (tertiary/aromatic N) is 1. The fourth-order valence-electron chi connectivity index (χ4n) is 4.88. The van der Waals surface area contributed by atoms with Crippen molar-refractivity contribution in [3.05, 3.63) is 58.9 Å². The van der Waals surface area contributed by atoms with E-state index in [0.717, 1.165) is 11.1 Å². The number of ether oxygens (including phenoxy) is 3. The van der Waals surface area contributed by atoms with Crippen molar-refractivity contribution < 1.29 is 23.4 Å². The molecule has 34 heavy (non-hydrogen) atoms. The molecular formula is C27H35FN2O4. The zero-order valence-electron chi connectivity index (χ0n) is 20.5. The van der Waals surface area contributed by atoms with Crippen LogP contribution in [0.4, 0.5) is 4.39 Å². The zero-order valence-corrected chi connectivity index (χ0v) is 20.5. The molecule has 0 bridgehead atoms. The Morgan fingerprint density at radius 3 is 2.53 bits per heavy atom. The third-order valence-corrected chi connectivity index (χ3v) is 6.49. The Balaban J connectivity index is 1.48. The van der Waals surface area contributed by atoms with Gasteiger partial charge in [-0.25, -0.2) is 4.39 Å². The van der Waals surface area contributed by atoms with Gasteiger partial charge in [0.2, 0.25) is 0 Å². The fourth-order valence-corrected chi connectivity index (χ4v) is 4.88. The molecule has 0 aliphatic carbocycles. The van der Waals surface area contributed by atoms with Crippen molar-refractivity contribution in [2.24, 2.45) is 5.73 Å². The van der Waals surface area contributed by atoms with Crippen molar-refractivity contribution in [1.29, 1.82) is 0 Å². The summed E-state index contributed by atoms with van der Waals surface area (Å²) in [7, 11) is 0. The van der Waals surface area contributed by atoms with Gasteiger partial charge in [-0.05, 0) is 64.1 Å². The summed E-state index contributed by atoms with van der Waals surface area (Å²) in [5.74, 6) is 1.08. The van der Waals surface area contributed by atoms with Crippen molar-refractivity contribution in [3.63, 3.8) is 0 Å². The molecule has 0 saturated carbocycles. The highest BCUT2D eigenvalue weighted by molar-refractivity contribution is 5.94. The van der Waals surface area contributed by atoms with Crippen molar-refractivity contribution >= 4 is 5.91 Å². The lowest BCUT2D eigenvalue weighted by molar-refractivity contribution is -0.0873. The number of halogens is 1. The van der Waals surface area contributed by atoms with Crippen LogP contribution in [-0.4, -0.2) is 41.7 Å². The van der Waals surface area contributed by atoms with Crippen molar-refractivity contribution in [2.45, 2.75) is 77.4 Å². The Morgan fingerprint density at radius 2 is 1.88 bits per heavy atom. The molecule has 6 nitrogen and oxygen atoms in total. The molecule has 4 rings (SSSR count). The van der Waals surface area contributed by atoms with Gasteiger partial charge in [-0.1, -0.05) is 0 Å². The van der Waals surface area contributed by atoms with Gasteiger partial charge < -0.3 is 24.8 Å². The SMILES string of the molecule is CC(C)Oc1ccc(C(=O)N2CCC3(CC2)CC(OC(C)C)c2cc(F)ccc2O3)cc1CN. The molecule has 1 spiro atoms. The quantitative estimate of drug-likeness (QED) is 0.644. The van der Waals surface area contributed by atoms with Crippen LogP contribution in [0.3, 0.4) is 0 Å². The predicted molar refractivity (Wildman–Crippen MR) is 129 cm³/mol. The highest BCUT2D eigenvalue weighted by Gasteiger charge is 2.45. The van der Waals surface area contributed by atoms with Crippen molar-refractivity contribution in [2.75, 3.05) is 13.1 Å². The third-order valence-electron chi connectivity index (χ3n) is 6.49. The number of rotatable bonds is 6. The highest BCUT2D eigenvalue weighted by Crippen LogP contribution is 2.46. The summed E-state index contributed by atoms with van der Waals surface area (Å²) in [5.41, 5.74) is 7.66. The van der Waals surface area contributed by atoms with Gasteiger partial charge in [0.05, 0.1) is 18.3 Å². The second-order valence-electron chi connectivity index (χ2n) is 9.83. The number of hydrogen-bond donors (Lipinski definition) is 1. The molecule has 2 aromatic carbocycles. The van der Waals surface area contributed by atoms with E-state index in [0.29, 0.717) is 56.0 Å². The lowest BCUT2D eigenvalue weighted by atomic mass is 9.81. The average Bonchev–Trinajstić information content (AvgIpc) is 2.79. The number of nitrogens with two attached hydrogens (primary N) is 1. The van der Waals surface area contributed by atoms with Crippen LogP contribution in [0.5, 0.6) is 11.5 Å². The van der Waals surface area contributed by atoms with Gasteiger partial charge in [0, 0.05) is 55.6 Å². The summed E-state index contributed by atoms with van der Waals surface area (Å²) < 4.78 is 32.3. The molecule has 2 aliphatic rings. The summed E-state index contributed by atoms with van der Waals surface area (Å²) in [6, 6.07) is 10.1. The maximum absolute atomic E-state index is 13.9. The Bertz CT molecular complexity index is 1030. The van der Waals surface area contributed by atoms with Crippen LogP contribution in [0.1, 0.15) is 74.5 Å². The van der Waals surface area contributed by atoms with E-state index in [1.807, 2.05) is 44.7 Å². The monoisotopic (exact) mass is 470 g/mol. The first kappa shape index (κ1) is 24.5. The third kappa shape index (κ3) is 5.20. The molecule has 2 N–H and O–H groups in total. The maximum atomic E-state index is 13.9. The number of fused-ring (bicyclic) bond motifs is 1. The molecule has 184 valence electrons. The minimum absolute atomic E-state index is 0.0114. The molecule has 2 aliphatic heterocycles. The maximum Gasteiger partial charge on any atom is 0.253 e. The van der Waals surface area contributed by atoms with E-state index < -0.39 is 5.60 Å². The standard InChI is InChI=1S/C27H35FN2O4/c1-17(2)32-23-7-5-19(13-20(23)16-29)26(31)30-11-9-27(10-12-30)15-25(33-18(3)4)22-14-21(28)6-8-24(22)34-27/h5-8,13-14,17-18,25H,9-12,15-16,29H2,1-4H3. The summed E-state index contributed by atoms with van der Waals surface area (Å²) in [4.78, 5) is 15.1. The number of likely N-dealkylation sites (tertiary alicyclic amines) is 1. The molecule has 1 atom stereocenters. The van der Waals surface area contributed by atoms with Gasteiger partial charge in [0.25, 0.3) is 5.91 Å². The summed E-state index contributed by atoms with van der Waals surface area (Å²) in [6.45, 7) is 9.34. The van der Waals surface area contributed by atoms with Crippen LogP contribution in [0.25, 0.3) is 0 Å². The molecule has 1 unspecified atom stereocenters. The fraction of sp³-hybridized carbons (Fsp3) is 0.519. The van der Waals surface area contributed by atoms with Crippen LogP contribution in [0, 0.1) is 5.82 Å². The van der Waals surface area contributed by atoms with E-state index in [9.17, 15) is 9.18 Å². The van der Waals surface area contributed by atoms with Gasteiger partial charge in [0.15, 0.2) is 0 Å². The number of carbonyl (C=O) groups excluding carboxylic acids is 1. The molecule has 1 fully saturated rings. The molecule has 1 amide bonds. The number of carbonyl (C=O) groups is 1. The first-order chi connectivity index (χ1) is 16.2. The average molecular weight is 471 g/mol. The van der Waals surface area contributed by atoms with Crippen LogP contribution in [-0.2, 0) is 11.3 Å². The molecule has 2 heterocycles. The predicted octanol–water partition coefficient (Wildman–Crippen LogP) is 5.00. The molecule has 0 radical (unpaired) electrons. The number of amides is 1. The highest BCUT2D eigenvalue weighted by atomic mass is 19.1.